The number of aliphatic hydroxyl groups excluding tert-OH is 1. The lowest BCUT2D eigenvalue weighted by Crippen LogP contribution is -2.23. The summed E-state index contributed by atoms with van der Waals surface area (Å²) in [5.74, 6) is -0.0817. The lowest BCUT2D eigenvalue weighted by atomic mass is 9.81. The highest BCUT2D eigenvalue weighted by molar-refractivity contribution is 7.99. The Labute approximate surface area is 167 Å². The van der Waals surface area contributed by atoms with E-state index in [0.29, 0.717) is 10.9 Å². The largest absolute Gasteiger partial charge is 0.494 e. The van der Waals surface area contributed by atoms with Crippen LogP contribution in [0, 0.1) is 11.6 Å². The van der Waals surface area contributed by atoms with Gasteiger partial charge in [0.25, 0.3) is 0 Å². The van der Waals surface area contributed by atoms with Crippen molar-refractivity contribution in [2.45, 2.75) is 24.4 Å². The fourth-order valence-corrected chi connectivity index (χ4v) is 3.78. The van der Waals surface area contributed by atoms with Crippen molar-refractivity contribution in [3.63, 3.8) is 0 Å². The molecule has 0 aliphatic carbocycles. The summed E-state index contributed by atoms with van der Waals surface area (Å²) >= 11 is 1.41. The molecule has 0 atom stereocenters. The number of hydrogen-bond donors (Lipinski definition) is 1. The maximum Gasteiger partial charge on any atom is 0.172 e. The van der Waals surface area contributed by atoms with E-state index in [0.717, 1.165) is 16.9 Å². The topological polar surface area (TPSA) is 47.3 Å². The number of aliphatic hydroxyl groups is 1. The Balaban J connectivity index is 2.14. The molecule has 0 spiro atoms. The molecule has 7 heteroatoms. The number of nitrogens with zero attached hydrogens (tertiary/aromatic N) is 2. The van der Waals surface area contributed by atoms with Gasteiger partial charge in [0.15, 0.2) is 16.7 Å². The van der Waals surface area contributed by atoms with Crippen LogP contribution in [-0.2, 0) is 5.41 Å². The molecule has 0 unspecified atom stereocenters. The van der Waals surface area contributed by atoms with E-state index >= 15 is 0 Å². The second-order valence-electron chi connectivity index (χ2n) is 6.78. The molecule has 0 aliphatic rings. The Kier molecular flexibility index (Phi) is 6.05. The zero-order valence-corrected chi connectivity index (χ0v) is 16.8. The van der Waals surface area contributed by atoms with E-state index in [2.05, 4.69) is 4.98 Å². The number of benzene rings is 2. The predicted octanol–water partition coefficient (Wildman–Crippen LogP) is 4.57. The van der Waals surface area contributed by atoms with E-state index < -0.39 is 11.2 Å². The highest BCUT2D eigenvalue weighted by atomic mass is 32.2. The Morgan fingerprint density at radius 3 is 2.50 bits per heavy atom. The molecule has 1 heterocycles. The Hall–Kier alpha value is -2.38. The fourth-order valence-electron chi connectivity index (χ4n) is 3.05. The van der Waals surface area contributed by atoms with Gasteiger partial charge in [-0.2, -0.15) is 0 Å². The van der Waals surface area contributed by atoms with Crippen LogP contribution in [0.1, 0.15) is 25.1 Å². The van der Waals surface area contributed by atoms with Gasteiger partial charge in [0.05, 0.1) is 25.6 Å². The van der Waals surface area contributed by atoms with Gasteiger partial charge in [-0.3, -0.25) is 4.57 Å². The molecule has 0 bridgehead atoms. The van der Waals surface area contributed by atoms with Gasteiger partial charge in [0.2, 0.25) is 0 Å². The molecule has 0 saturated carbocycles. The first-order chi connectivity index (χ1) is 13.4. The van der Waals surface area contributed by atoms with Crippen LogP contribution in [0.4, 0.5) is 8.78 Å². The highest BCUT2D eigenvalue weighted by Crippen LogP contribution is 2.37. The Morgan fingerprint density at radius 1 is 1.14 bits per heavy atom. The quantitative estimate of drug-likeness (QED) is 0.586. The van der Waals surface area contributed by atoms with Crippen LogP contribution in [0.3, 0.4) is 0 Å². The van der Waals surface area contributed by atoms with E-state index in [4.69, 9.17) is 4.74 Å². The number of aromatic nitrogens is 2. The smallest absolute Gasteiger partial charge is 0.172 e. The molecule has 0 aliphatic heterocycles. The molecule has 4 nitrogen and oxygen atoms in total. The minimum absolute atomic E-state index is 0.0227. The number of imidazole rings is 1. The number of thioether (sulfide) groups is 1. The van der Waals surface area contributed by atoms with E-state index in [1.807, 2.05) is 18.4 Å². The van der Waals surface area contributed by atoms with E-state index in [1.54, 1.807) is 30.5 Å². The van der Waals surface area contributed by atoms with Gasteiger partial charge in [-0.05, 0) is 42.0 Å². The molecular weight excluding hydrogens is 382 g/mol. The Morgan fingerprint density at radius 2 is 1.86 bits per heavy atom. The average molecular weight is 404 g/mol. The summed E-state index contributed by atoms with van der Waals surface area (Å²) < 4.78 is 34.4. The lowest BCUT2D eigenvalue weighted by Gasteiger charge is -2.28. The van der Waals surface area contributed by atoms with Crippen LogP contribution >= 0.6 is 11.8 Å². The van der Waals surface area contributed by atoms with Crippen LogP contribution in [0.2, 0.25) is 0 Å². The zero-order chi connectivity index (χ0) is 20.3. The number of hydrogen-bond acceptors (Lipinski definition) is 4. The van der Waals surface area contributed by atoms with Crippen LogP contribution in [0.15, 0.2) is 53.8 Å². The van der Waals surface area contributed by atoms with Crippen molar-refractivity contribution < 1.29 is 18.6 Å². The second kappa shape index (κ2) is 8.32. The molecule has 3 aromatic rings. The third kappa shape index (κ3) is 3.91. The van der Waals surface area contributed by atoms with Crippen LogP contribution in [0.5, 0.6) is 5.75 Å². The van der Waals surface area contributed by atoms with Gasteiger partial charge in [-0.1, -0.05) is 31.7 Å². The van der Waals surface area contributed by atoms with Gasteiger partial charge in [-0.15, -0.1) is 0 Å². The highest BCUT2D eigenvalue weighted by Gasteiger charge is 2.30. The van der Waals surface area contributed by atoms with E-state index in [1.165, 1.54) is 37.1 Å². The lowest BCUT2D eigenvalue weighted by molar-refractivity contribution is 0.322. The molecular formula is C21H22F2N2O2S. The minimum Gasteiger partial charge on any atom is -0.494 e. The van der Waals surface area contributed by atoms with Crippen molar-refractivity contribution >= 4 is 11.8 Å². The average Bonchev–Trinajstić information content (AvgIpc) is 3.12. The van der Waals surface area contributed by atoms with Crippen molar-refractivity contribution in [2.24, 2.45) is 0 Å². The first kappa shape index (κ1) is 20.4. The SMILES string of the molecule is COc1cc(C(C)(C)c2cnc(SCCO)n2-c2ccc(F)cc2)ccc1F. The molecule has 1 N–H and O–H groups in total. The first-order valence-corrected chi connectivity index (χ1v) is 9.79. The zero-order valence-electron chi connectivity index (χ0n) is 15.9. The summed E-state index contributed by atoms with van der Waals surface area (Å²) in [4.78, 5) is 4.52. The summed E-state index contributed by atoms with van der Waals surface area (Å²) in [7, 11) is 1.43. The van der Waals surface area contributed by atoms with Gasteiger partial charge in [0.1, 0.15) is 5.82 Å². The first-order valence-electron chi connectivity index (χ1n) is 8.80. The van der Waals surface area contributed by atoms with Crippen LogP contribution in [0.25, 0.3) is 5.69 Å². The number of methoxy groups -OCH3 is 1. The predicted molar refractivity (Wildman–Crippen MR) is 106 cm³/mol. The Bertz CT molecular complexity index is 956. The molecule has 0 fully saturated rings. The second-order valence-corrected chi connectivity index (χ2v) is 7.85. The van der Waals surface area contributed by atoms with Gasteiger partial charge in [-0.25, -0.2) is 13.8 Å². The van der Waals surface area contributed by atoms with Crippen LogP contribution < -0.4 is 4.74 Å². The summed E-state index contributed by atoms with van der Waals surface area (Å²) in [6, 6.07) is 10.9. The van der Waals surface area contributed by atoms with Crippen molar-refractivity contribution in [1.29, 1.82) is 0 Å². The molecule has 1 aromatic heterocycles. The van der Waals surface area contributed by atoms with Gasteiger partial charge in [0, 0.05) is 16.9 Å². The van der Waals surface area contributed by atoms with Crippen molar-refractivity contribution in [3.05, 3.63) is 71.6 Å². The number of rotatable bonds is 7. The fraction of sp³-hybridized carbons (Fsp3) is 0.286. The minimum atomic E-state index is -0.541. The molecule has 0 saturated heterocycles. The molecule has 0 radical (unpaired) electrons. The number of halogens is 2. The van der Waals surface area contributed by atoms with E-state index in [9.17, 15) is 13.9 Å². The normalized spacial score (nSPS) is 11.6. The molecule has 28 heavy (non-hydrogen) atoms. The van der Waals surface area contributed by atoms with Crippen molar-refractivity contribution in [3.8, 4) is 11.4 Å². The van der Waals surface area contributed by atoms with Crippen LogP contribution in [-0.4, -0.2) is 34.1 Å². The van der Waals surface area contributed by atoms with Gasteiger partial charge >= 0.3 is 0 Å². The van der Waals surface area contributed by atoms with Crippen molar-refractivity contribution in [2.75, 3.05) is 19.5 Å². The van der Waals surface area contributed by atoms with Crippen molar-refractivity contribution in [1.82, 2.24) is 9.55 Å². The molecule has 0 amide bonds. The van der Waals surface area contributed by atoms with E-state index in [-0.39, 0.29) is 18.2 Å². The monoisotopic (exact) mass is 404 g/mol. The third-order valence-electron chi connectivity index (χ3n) is 4.65. The molecule has 148 valence electrons. The summed E-state index contributed by atoms with van der Waals surface area (Å²) in [5.41, 5.74) is 1.93. The standard InChI is InChI=1S/C21H22F2N2O2S/c1-21(2,14-4-9-17(23)18(12-14)27-3)19-13-24-20(28-11-10-26)25(19)16-7-5-15(22)6-8-16/h4-9,12-13,26H,10-11H2,1-3H3. The summed E-state index contributed by atoms with van der Waals surface area (Å²) in [6.07, 6.45) is 1.76. The third-order valence-corrected chi connectivity index (χ3v) is 5.58. The van der Waals surface area contributed by atoms with Gasteiger partial charge < -0.3 is 9.84 Å². The summed E-state index contributed by atoms with van der Waals surface area (Å²) in [6.45, 7) is 4.04. The summed E-state index contributed by atoms with van der Waals surface area (Å²) in [5, 5.41) is 9.89. The maximum atomic E-state index is 13.9. The molecule has 3 rings (SSSR count). The maximum absolute atomic E-state index is 13.9. The number of ether oxygens (including phenoxy) is 1. The molecule has 2 aromatic carbocycles.